The summed E-state index contributed by atoms with van der Waals surface area (Å²) >= 11 is 0. The van der Waals surface area contributed by atoms with E-state index in [0.29, 0.717) is 23.8 Å². The molecule has 1 N–H and O–H groups in total. The Hall–Kier alpha value is -1.55. The van der Waals surface area contributed by atoms with E-state index in [1.54, 1.807) is 6.07 Å². The second-order valence-electron chi connectivity index (χ2n) is 5.19. The molecule has 0 bridgehead atoms. The molecular weight excluding hydrogens is 232 g/mol. The highest BCUT2D eigenvalue weighted by Gasteiger charge is 2.46. The maximum atomic E-state index is 11.4. The monoisotopic (exact) mass is 248 g/mol. The molecule has 0 aromatic heterocycles. The van der Waals surface area contributed by atoms with E-state index in [4.69, 9.17) is 9.47 Å². The van der Waals surface area contributed by atoms with Crippen LogP contribution in [0.15, 0.2) is 12.1 Å². The van der Waals surface area contributed by atoms with Crippen molar-refractivity contribution >= 4 is 5.78 Å². The van der Waals surface area contributed by atoms with E-state index in [9.17, 15) is 9.90 Å². The van der Waals surface area contributed by atoms with Gasteiger partial charge in [0.05, 0.1) is 12.2 Å². The van der Waals surface area contributed by atoms with Gasteiger partial charge < -0.3 is 14.6 Å². The minimum Gasteiger partial charge on any atom is -0.507 e. The Morgan fingerprint density at radius 3 is 3.00 bits per heavy atom. The molecule has 96 valence electrons. The zero-order chi connectivity index (χ0) is 12.9. The Kier molecular flexibility index (Phi) is 2.38. The molecule has 2 aliphatic rings. The smallest absolute Gasteiger partial charge is 0.210 e. The molecule has 0 spiro atoms. The van der Waals surface area contributed by atoms with Crippen LogP contribution in [-0.4, -0.2) is 23.3 Å². The molecule has 1 aromatic carbocycles. The van der Waals surface area contributed by atoms with Gasteiger partial charge in [-0.25, -0.2) is 0 Å². The van der Waals surface area contributed by atoms with Crippen molar-refractivity contribution in [3.05, 3.63) is 23.3 Å². The summed E-state index contributed by atoms with van der Waals surface area (Å²) in [4.78, 5) is 11.4. The summed E-state index contributed by atoms with van der Waals surface area (Å²) < 4.78 is 11.5. The van der Waals surface area contributed by atoms with Gasteiger partial charge in [-0.05, 0) is 31.4 Å². The fraction of sp³-hybridized carbons (Fsp3) is 0.500. The SMILES string of the molecule is CC(=O)c1cc2c(cc1O)O[C@@]1(C)OCC[C@H]1C2. The summed E-state index contributed by atoms with van der Waals surface area (Å²) in [5.74, 6) is 0.192. The maximum absolute atomic E-state index is 11.4. The van der Waals surface area contributed by atoms with E-state index in [1.165, 1.54) is 13.0 Å². The average Bonchev–Trinajstić information content (AvgIpc) is 2.65. The molecule has 0 radical (unpaired) electrons. The summed E-state index contributed by atoms with van der Waals surface area (Å²) in [6.07, 6.45) is 1.79. The number of hydrogen-bond acceptors (Lipinski definition) is 4. The van der Waals surface area contributed by atoms with Crippen LogP contribution in [0.25, 0.3) is 0 Å². The lowest BCUT2D eigenvalue weighted by Gasteiger charge is -2.36. The number of rotatable bonds is 1. The zero-order valence-electron chi connectivity index (χ0n) is 10.5. The Labute approximate surface area is 106 Å². The molecule has 18 heavy (non-hydrogen) atoms. The zero-order valence-corrected chi connectivity index (χ0v) is 10.5. The van der Waals surface area contributed by atoms with Crippen LogP contribution in [0.2, 0.25) is 0 Å². The molecule has 4 heteroatoms. The molecule has 2 aliphatic heterocycles. The first-order valence-electron chi connectivity index (χ1n) is 6.19. The van der Waals surface area contributed by atoms with Gasteiger partial charge in [0.15, 0.2) is 5.78 Å². The van der Waals surface area contributed by atoms with Crippen LogP contribution in [0.3, 0.4) is 0 Å². The molecule has 0 aliphatic carbocycles. The number of hydrogen-bond donors (Lipinski definition) is 1. The number of ketones is 1. The largest absolute Gasteiger partial charge is 0.507 e. The van der Waals surface area contributed by atoms with Crippen molar-refractivity contribution < 1.29 is 19.4 Å². The van der Waals surface area contributed by atoms with Gasteiger partial charge >= 0.3 is 0 Å². The summed E-state index contributed by atoms with van der Waals surface area (Å²) in [5, 5.41) is 9.82. The first-order chi connectivity index (χ1) is 8.49. The van der Waals surface area contributed by atoms with E-state index >= 15 is 0 Å². The molecule has 2 atom stereocenters. The number of phenols is 1. The standard InChI is InChI=1S/C14H16O4/c1-8(15)11-6-9-5-10-3-4-17-14(10,2)18-13(9)7-12(11)16/h6-7,10,16H,3-5H2,1-2H3/t10-,14+/m0/s1. The lowest BCUT2D eigenvalue weighted by atomic mass is 9.87. The van der Waals surface area contributed by atoms with Gasteiger partial charge in [0.25, 0.3) is 0 Å². The number of fused-ring (bicyclic) bond motifs is 2. The molecular formula is C14H16O4. The van der Waals surface area contributed by atoms with Crippen LogP contribution in [0.1, 0.15) is 36.2 Å². The Bertz CT molecular complexity index is 523. The van der Waals surface area contributed by atoms with Crippen molar-refractivity contribution in [3.8, 4) is 11.5 Å². The molecule has 2 heterocycles. The highest BCUT2D eigenvalue weighted by Crippen LogP contribution is 2.44. The van der Waals surface area contributed by atoms with Gasteiger partial charge in [-0.3, -0.25) is 4.79 Å². The number of Topliss-reactive ketones (excluding diaryl/α,β-unsaturated/α-hetero) is 1. The van der Waals surface area contributed by atoms with Crippen LogP contribution < -0.4 is 4.74 Å². The van der Waals surface area contributed by atoms with Crippen molar-refractivity contribution in [2.75, 3.05) is 6.61 Å². The topological polar surface area (TPSA) is 55.8 Å². The summed E-state index contributed by atoms with van der Waals surface area (Å²) in [6.45, 7) is 4.08. The van der Waals surface area contributed by atoms with Gasteiger partial charge in [-0.1, -0.05) is 0 Å². The fourth-order valence-corrected chi connectivity index (χ4v) is 2.82. The molecule has 0 unspecified atom stereocenters. The van der Waals surface area contributed by atoms with E-state index in [0.717, 1.165) is 18.4 Å². The van der Waals surface area contributed by atoms with Crippen LogP contribution in [0.5, 0.6) is 11.5 Å². The minimum absolute atomic E-state index is 0.0266. The Morgan fingerprint density at radius 2 is 2.28 bits per heavy atom. The van der Waals surface area contributed by atoms with Crippen molar-refractivity contribution in [1.29, 1.82) is 0 Å². The third-order valence-electron chi connectivity index (χ3n) is 3.93. The second-order valence-corrected chi connectivity index (χ2v) is 5.19. The van der Waals surface area contributed by atoms with Crippen molar-refractivity contribution in [3.63, 3.8) is 0 Å². The van der Waals surface area contributed by atoms with Gasteiger partial charge in [-0.2, -0.15) is 0 Å². The normalized spacial score (nSPS) is 29.3. The van der Waals surface area contributed by atoms with Crippen LogP contribution in [-0.2, 0) is 11.2 Å². The Balaban J connectivity index is 2.05. The van der Waals surface area contributed by atoms with Crippen LogP contribution >= 0.6 is 0 Å². The van der Waals surface area contributed by atoms with E-state index in [2.05, 4.69) is 0 Å². The number of aromatic hydroxyl groups is 1. The predicted molar refractivity (Wildman–Crippen MR) is 64.9 cm³/mol. The van der Waals surface area contributed by atoms with Gasteiger partial charge in [0, 0.05) is 18.9 Å². The minimum atomic E-state index is -0.586. The highest BCUT2D eigenvalue weighted by atomic mass is 16.7. The summed E-state index contributed by atoms with van der Waals surface area (Å²) in [7, 11) is 0. The van der Waals surface area contributed by atoms with Crippen molar-refractivity contribution in [2.24, 2.45) is 5.92 Å². The van der Waals surface area contributed by atoms with Gasteiger partial charge in [-0.15, -0.1) is 0 Å². The lowest BCUT2D eigenvalue weighted by molar-refractivity contribution is -0.165. The van der Waals surface area contributed by atoms with Crippen molar-refractivity contribution in [1.82, 2.24) is 0 Å². The Morgan fingerprint density at radius 1 is 1.50 bits per heavy atom. The summed E-state index contributed by atoms with van der Waals surface area (Å²) in [6, 6.07) is 3.26. The molecule has 0 amide bonds. The van der Waals surface area contributed by atoms with Crippen molar-refractivity contribution in [2.45, 2.75) is 32.5 Å². The summed E-state index contributed by atoms with van der Waals surface area (Å²) in [5.41, 5.74) is 1.34. The fourth-order valence-electron chi connectivity index (χ4n) is 2.82. The number of carbonyl (C=O) groups is 1. The lowest BCUT2D eigenvalue weighted by Crippen LogP contribution is -2.42. The average molecular weight is 248 g/mol. The first kappa shape index (κ1) is 11.5. The van der Waals surface area contributed by atoms with E-state index in [-0.39, 0.29) is 11.5 Å². The molecule has 0 saturated carbocycles. The third-order valence-corrected chi connectivity index (χ3v) is 3.93. The highest BCUT2D eigenvalue weighted by molar-refractivity contribution is 5.97. The van der Waals surface area contributed by atoms with E-state index in [1.807, 2.05) is 6.92 Å². The van der Waals surface area contributed by atoms with Crippen LogP contribution in [0, 0.1) is 5.92 Å². The number of phenolic OH excluding ortho intramolecular Hbond substituents is 1. The first-order valence-corrected chi connectivity index (χ1v) is 6.19. The number of ether oxygens (including phenoxy) is 2. The third kappa shape index (κ3) is 1.60. The molecule has 1 saturated heterocycles. The molecule has 3 rings (SSSR count). The predicted octanol–water partition coefficient (Wildman–Crippen LogP) is 2.28. The molecule has 4 nitrogen and oxygen atoms in total. The van der Waals surface area contributed by atoms with Gasteiger partial charge in [0.1, 0.15) is 11.5 Å². The van der Waals surface area contributed by atoms with Gasteiger partial charge in [0.2, 0.25) is 5.79 Å². The van der Waals surface area contributed by atoms with Crippen LogP contribution in [0.4, 0.5) is 0 Å². The molecule has 1 fully saturated rings. The molecule has 1 aromatic rings. The number of benzene rings is 1. The van der Waals surface area contributed by atoms with E-state index < -0.39 is 5.79 Å². The number of carbonyl (C=O) groups excluding carboxylic acids is 1. The second kappa shape index (κ2) is 3.72. The maximum Gasteiger partial charge on any atom is 0.210 e. The quantitative estimate of drug-likeness (QED) is 0.775.